The van der Waals surface area contributed by atoms with Crippen molar-refractivity contribution in [3.05, 3.63) is 52.9 Å². The van der Waals surface area contributed by atoms with Gasteiger partial charge in [-0.2, -0.15) is 13.2 Å². The van der Waals surface area contributed by atoms with Gasteiger partial charge in [-0.25, -0.2) is 0 Å². The fraction of sp³-hybridized carbons (Fsp3) is 0.286. The van der Waals surface area contributed by atoms with Gasteiger partial charge >= 0.3 is 6.18 Å². The Hall–Kier alpha value is -1.66. The highest BCUT2D eigenvalue weighted by molar-refractivity contribution is 6.28. The van der Waals surface area contributed by atoms with Crippen molar-refractivity contribution in [1.82, 2.24) is 0 Å². The van der Waals surface area contributed by atoms with Gasteiger partial charge in [-0.1, -0.05) is 6.07 Å². The Balaban J connectivity index is 2.05. The van der Waals surface area contributed by atoms with Crippen LogP contribution in [0.25, 0.3) is 0 Å². The van der Waals surface area contributed by atoms with Gasteiger partial charge in [-0.05, 0) is 41.9 Å². The van der Waals surface area contributed by atoms with Crippen LogP contribution in [0, 0.1) is 0 Å². The number of hydrogen-bond donors (Lipinski definition) is 1. The summed E-state index contributed by atoms with van der Waals surface area (Å²) in [5.41, 5.74) is 4.86. The smallest absolute Gasteiger partial charge is 0.416 e. The molecule has 0 aliphatic rings. The molecule has 2 N–H and O–H groups in total. The van der Waals surface area contributed by atoms with E-state index in [4.69, 9.17) is 26.5 Å². The Labute approximate surface area is 124 Å². The topological polar surface area (TPSA) is 48.4 Å². The summed E-state index contributed by atoms with van der Waals surface area (Å²) in [4.78, 5) is 0. The zero-order valence-electron chi connectivity index (χ0n) is 10.9. The van der Waals surface area contributed by atoms with Crippen molar-refractivity contribution in [3.63, 3.8) is 0 Å². The monoisotopic (exact) mass is 319 g/mol. The van der Waals surface area contributed by atoms with Gasteiger partial charge in [-0.15, -0.1) is 0 Å². The molecule has 2 rings (SSSR count). The molecule has 0 saturated heterocycles. The van der Waals surface area contributed by atoms with Crippen molar-refractivity contribution in [1.29, 1.82) is 0 Å². The number of halogens is 4. The van der Waals surface area contributed by atoms with Gasteiger partial charge in [0.15, 0.2) is 5.22 Å². The molecule has 0 saturated carbocycles. The number of alkyl halides is 3. The lowest BCUT2D eigenvalue weighted by atomic mass is 10.1. The number of hydrogen-bond acceptors (Lipinski definition) is 3. The molecule has 0 bridgehead atoms. The minimum Gasteiger partial charge on any atom is -0.493 e. The highest BCUT2D eigenvalue weighted by Crippen LogP contribution is 2.31. The lowest BCUT2D eigenvalue weighted by Crippen LogP contribution is -2.19. The van der Waals surface area contributed by atoms with Gasteiger partial charge in [-0.3, -0.25) is 0 Å². The summed E-state index contributed by atoms with van der Waals surface area (Å²) in [5.74, 6) is 0.377. The zero-order valence-corrected chi connectivity index (χ0v) is 11.6. The first-order valence-electron chi connectivity index (χ1n) is 6.15. The van der Waals surface area contributed by atoms with Crippen LogP contribution in [0.3, 0.4) is 0 Å². The first-order chi connectivity index (χ1) is 9.90. The van der Waals surface area contributed by atoms with Gasteiger partial charge in [0.25, 0.3) is 0 Å². The summed E-state index contributed by atoms with van der Waals surface area (Å²) in [6.07, 6.45) is -4.40. The van der Waals surface area contributed by atoms with E-state index >= 15 is 0 Å². The standard InChI is InChI=1S/C14H13ClF3NO2/c15-13-5-4-12(21-13)9(7-19)8-20-11-3-1-2-10(6-11)14(16,17)18/h1-6,9H,7-8,19H2. The maximum absolute atomic E-state index is 12.6. The molecule has 21 heavy (non-hydrogen) atoms. The Morgan fingerprint density at radius 1 is 1.24 bits per heavy atom. The van der Waals surface area contributed by atoms with E-state index in [1.807, 2.05) is 0 Å². The molecule has 1 atom stereocenters. The molecular weight excluding hydrogens is 307 g/mol. The molecule has 0 fully saturated rings. The van der Waals surface area contributed by atoms with Crippen molar-refractivity contribution >= 4 is 11.6 Å². The predicted molar refractivity (Wildman–Crippen MR) is 72.5 cm³/mol. The van der Waals surface area contributed by atoms with Crippen LogP contribution in [0.2, 0.25) is 5.22 Å². The third kappa shape index (κ3) is 4.15. The molecule has 114 valence electrons. The third-order valence-electron chi connectivity index (χ3n) is 2.89. The Morgan fingerprint density at radius 3 is 2.57 bits per heavy atom. The molecular formula is C14H13ClF3NO2. The molecule has 3 nitrogen and oxygen atoms in total. The third-order valence-corrected chi connectivity index (χ3v) is 3.10. The molecule has 0 aliphatic carbocycles. The van der Waals surface area contributed by atoms with Crippen LogP contribution in [0.4, 0.5) is 13.2 Å². The summed E-state index contributed by atoms with van der Waals surface area (Å²) in [6.45, 7) is 0.324. The van der Waals surface area contributed by atoms with E-state index < -0.39 is 11.7 Å². The lowest BCUT2D eigenvalue weighted by Gasteiger charge is -2.14. The Morgan fingerprint density at radius 2 is 2.00 bits per heavy atom. The average Bonchev–Trinajstić information content (AvgIpc) is 2.85. The highest BCUT2D eigenvalue weighted by Gasteiger charge is 2.30. The number of furan rings is 1. The average molecular weight is 320 g/mol. The fourth-order valence-corrected chi connectivity index (χ4v) is 1.93. The van der Waals surface area contributed by atoms with Crippen molar-refractivity contribution in [2.45, 2.75) is 12.1 Å². The van der Waals surface area contributed by atoms with Gasteiger partial charge in [0.05, 0.1) is 18.1 Å². The number of ether oxygens (including phenoxy) is 1. The van der Waals surface area contributed by atoms with Gasteiger partial charge in [0.2, 0.25) is 0 Å². The summed E-state index contributed by atoms with van der Waals surface area (Å²) in [6, 6.07) is 7.92. The van der Waals surface area contributed by atoms with Gasteiger partial charge in [0.1, 0.15) is 11.5 Å². The SMILES string of the molecule is NCC(COc1cccc(C(F)(F)F)c1)c1ccc(Cl)o1. The summed E-state index contributed by atoms with van der Waals surface area (Å²) >= 11 is 5.68. The number of rotatable bonds is 5. The molecule has 1 heterocycles. The number of nitrogens with two attached hydrogens (primary N) is 1. The predicted octanol–water partition coefficient (Wildman–Crippen LogP) is 4.07. The molecule has 0 spiro atoms. The summed E-state index contributed by atoms with van der Waals surface area (Å²) in [5, 5.41) is 0.225. The van der Waals surface area contributed by atoms with E-state index in [0.29, 0.717) is 5.76 Å². The van der Waals surface area contributed by atoms with Crippen molar-refractivity contribution in [2.75, 3.05) is 13.2 Å². The molecule has 1 aromatic heterocycles. The molecule has 1 unspecified atom stereocenters. The minimum atomic E-state index is -4.40. The van der Waals surface area contributed by atoms with E-state index in [2.05, 4.69) is 0 Å². The van der Waals surface area contributed by atoms with Crippen LogP contribution in [0.5, 0.6) is 5.75 Å². The van der Waals surface area contributed by atoms with Crippen molar-refractivity contribution in [3.8, 4) is 5.75 Å². The largest absolute Gasteiger partial charge is 0.493 e. The van der Waals surface area contributed by atoms with Crippen LogP contribution >= 0.6 is 11.6 Å². The van der Waals surface area contributed by atoms with Gasteiger partial charge in [0, 0.05) is 6.54 Å². The normalized spacial score (nSPS) is 13.2. The van der Waals surface area contributed by atoms with Crippen LogP contribution in [-0.2, 0) is 6.18 Å². The first-order valence-corrected chi connectivity index (χ1v) is 6.53. The molecule has 0 amide bonds. The summed E-state index contributed by atoms with van der Waals surface area (Å²) < 4.78 is 48.4. The molecule has 0 radical (unpaired) electrons. The van der Waals surface area contributed by atoms with E-state index in [1.54, 1.807) is 12.1 Å². The molecule has 7 heteroatoms. The van der Waals surface area contributed by atoms with E-state index in [0.717, 1.165) is 12.1 Å². The van der Waals surface area contributed by atoms with Crippen molar-refractivity contribution < 1.29 is 22.3 Å². The molecule has 2 aromatic rings. The van der Waals surface area contributed by atoms with Crippen LogP contribution < -0.4 is 10.5 Å². The van der Waals surface area contributed by atoms with Crippen molar-refractivity contribution in [2.24, 2.45) is 5.73 Å². The highest BCUT2D eigenvalue weighted by atomic mass is 35.5. The zero-order chi connectivity index (χ0) is 15.5. The molecule has 0 aliphatic heterocycles. The summed E-state index contributed by atoms with van der Waals surface area (Å²) in [7, 11) is 0. The maximum Gasteiger partial charge on any atom is 0.416 e. The van der Waals surface area contributed by atoms with E-state index in [1.165, 1.54) is 12.1 Å². The second-order valence-corrected chi connectivity index (χ2v) is 4.78. The second-order valence-electron chi connectivity index (χ2n) is 4.41. The minimum absolute atomic E-state index is 0.0989. The van der Waals surface area contributed by atoms with Crippen LogP contribution in [0.15, 0.2) is 40.8 Å². The van der Waals surface area contributed by atoms with E-state index in [9.17, 15) is 13.2 Å². The Kier molecular flexibility index (Phi) is 4.80. The second kappa shape index (κ2) is 6.41. The number of benzene rings is 1. The van der Waals surface area contributed by atoms with Gasteiger partial charge < -0.3 is 14.9 Å². The first kappa shape index (κ1) is 15.7. The van der Waals surface area contributed by atoms with E-state index in [-0.39, 0.29) is 30.0 Å². The lowest BCUT2D eigenvalue weighted by molar-refractivity contribution is -0.137. The van der Waals surface area contributed by atoms with Crippen LogP contribution in [0.1, 0.15) is 17.2 Å². The van der Waals surface area contributed by atoms with Crippen LogP contribution in [-0.4, -0.2) is 13.2 Å². The Bertz CT molecular complexity index is 598. The quantitative estimate of drug-likeness (QED) is 0.903. The maximum atomic E-state index is 12.6. The fourth-order valence-electron chi connectivity index (χ4n) is 1.77. The molecule has 1 aromatic carbocycles.